The number of fused-ring (bicyclic) bond motifs is 2. The van der Waals surface area contributed by atoms with Crippen molar-refractivity contribution in [1.82, 2.24) is 9.88 Å². The molecule has 3 fully saturated rings. The molecule has 4 rings (SSSR count). The van der Waals surface area contributed by atoms with Crippen LogP contribution < -0.4 is 4.90 Å². The van der Waals surface area contributed by atoms with E-state index in [0.717, 1.165) is 44.7 Å². The maximum absolute atomic E-state index is 13.4. The van der Waals surface area contributed by atoms with Gasteiger partial charge in [0.05, 0.1) is 17.3 Å². The summed E-state index contributed by atoms with van der Waals surface area (Å²) in [5.74, 6) is 0.969. The molecule has 0 radical (unpaired) electrons. The highest BCUT2D eigenvalue weighted by atomic mass is 16.2. The van der Waals surface area contributed by atoms with Crippen LogP contribution in [0, 0.1) is 16.7 Å². The lowest BCUT2D eigenvalue weighted by Gasteiger charge is -2.42. The van der Waals surface area contributed by atoms with E-state index in [2.05, 4.69) is 41.3 Å². The third kappa shape index (κ3) is 2.11. The molecule has 2 saturated carbocycles. The molecule has 2 aliphatic carbocycles. The number of amides is 1. The van der Waals surface area contributed by atoms with Gasteiger partial charge in [-0.05, 0) is 42.7 Å². The molecule has 1 aromatic rings. The van der Waals surface area contributed by atoms with Crippen molar-refractivity contribution in [2.45, 2.75) is 33.1 Å². The first-order chi connectivity index (χ1) is 11.4. The highest BCUT2D eigenvalue weighted by Gasteiger charge is 2.61. The first-order valence-corrected chi connectivity index (χ1v) is 9.09. The molecule has 0 unspecified atom stereocenters. The second-order valence-corrected chi connectivity index (χ2v) is 8.21. The Hall–Kier alpha value is -1.84. The van der Waals surface area contributed by atoms with E-state index in [4.69, 9.17) is 0 Å². The second-order valence-electron chi connectivity index (χ2n) is 8.21. The lowest BCUT2D eigenvalue weighted by Crippen LogP contribution is -2.53. The summed E-state index contributed by atoms with van der Waals surface area (Å²) in [5, 5.41) is 0. The van der Waals surface area contributed by atoms with E-state index < -0.39 is 0 Å². The van der Waals surface area contributed by atoms with Crippen molar-refractivity contribution in [3.8, 4) is 0 Å². The van der Waals surface area contributed by atoms with E-state index in [0.29, 0.717) is 11.8 Å². The lowest BCUT2D eigenvalue weighted by atomic mass is 9.68. The molecule has 24 heavy (non-hydrogen) atoms. The molecular weight excluding hydrogens is 298 g/mol. The van der Waals surface area contributed by atoms with Gasteiger partial charge in [-0.1, -0.05) is 26.0 Å². The molecule has 1 aromatic heterocycles. The fourth-order valence-electron chi connectivity index (χ4n) is 5.13. The van der Waals surface area contributed by atoms with Crippen LogP contribution in [0.3, 0.4) is 0 Å². The quantitative estimate of drug-likeness (QED) is 0.784. The van der Waals surface area contributed by atoms with Crippen molar-refractivity contribution >= 4 is 11.6 Å². The smallest absolute Gasteiger partial charge is 0.233 e. The third-order valence-electron chi connectivity index (χ3n) is 6.88. The van der Waals surface area contributed by atoms with Gasteiger partial charge in [-0.3, -0.25) is 9.78 Å². The molecule has 3 aliphatic rings. The topological polar surface area (TPSA) is 36.4 Å². The van der Waals surface area contributed by atoms with E-state index in [9.17, 15) is 4.79 Å². The zero-order valence-electron chi connectivity index (χ0n) is 14.8. The van der Waals surface area contributed by atoms with Crippen LogP contribution in [0.2, 0.25) is 0 Å². The van der Waals surface area contributed by atoms with Crippen LogP contribution in [0.4, 0.5) is 5.69 Å². The van der Waals surface area contributed by atoms with Crippen molar-refractivity contribution < 1.29 is 4.79 Å². The van der Waals surface area contributed by atoms with Gasteiger partial charge in [0.2, 0.25) is 5.91 Å². The Balaban J connectivity index is 1.47. The van der Waals surface area contributed by atoms with Gasteiger partial charge in [-0.25, -0.2) is 0 Å². The van der Waals surface area contributed by atoms with E-state index >= 15 is 0 Å². The molecule has 0 spiro atoms. The number of carbonyl (C=O) groups excluding carboxylic acids is 1. The van der Waals surface area contributed by atoms with Crippen molar-refractivity contribution in [3.05, 3.63) is 36.7 Å². The molecule has 128 valence electrons. The maximum Gasteiger partial charge on any atom is 0.233 e. The van der Waals surface area contributed by atoms with Crippen LogP contribution in [0.15, 0.2) is 36.7 Å². The van der Waals surface area contributed by atoms with Gasteiger partial charge in [0.25, 0.3) is 0 Å². The number of carbonyl (C=O) groups is 1. The highest BCUT2D eigenvalue weighted by molar-refractivity contribution is 5.88. The SMILES string of the molecule is C=C1C(C)(C)[C@@H]2CC[C@@]1(C(=O)N1CCN(c3cccnc3)CC1)C2. The highest BCUT2D eigenvalue weighted by Crippen LogP contribution is 2.65. The summed E-state index contributed by atoms with van der Waals surface area (Å²) in [4.78, 5) is 22.0. The van der Waals surface area contributed by atoms with Crippen molar-refractivity contribution in [2.24, 2.45) is 16.7 Å². The summed E-state index contributed by atoms with van der Waals surface area (Å²) in [7, 11) is 0. The lowest BCUT2D eigenvalue weighted by molar-refractivity contribution is -0.140. The molecule has 0 N–H and O–H groups in total. The molecule has 1 aliphatic heterocycles. The Bertz CT molecular complexity index is 661. The van der Waals surface area contributed by atoms with Crippen LogP contribution in [0.25, 0.3) is 0 Å². The molecular formula is C20H27N3O. The van der Waals surface area contributed by atoms with Gasteiger partial charge in [-0.15, -0.1) is 0 Å². The van der Waals surface area contributed by atoms with Crippen LogP contribution in [0.5, 0.6) is 0 Å². The van der Waals surface area contributed by atoms with Gasteiger partial charge < -0.3 is 9.80 Å². The van der Waals surface area contributed by atoms with E-state index in [1.54, 1.807) is 6.20 Å². The standard InChI is InChI=1S/C20H27N3O/c1-15-19(2,3)16-6-7-20(15,13-16)18(24)23-11-9-22(10-12-23)17-5-4-8-21-14-17/h4-5,8,14,16H,1,6-7,9-13H2,2-3H3/t16-,20-/m1/s1. The average molecular weight is 325 g/mol. The van der Waals surface area contributed by atoms with E-state index in [1.807, 2.05) is 12.3 Å². The first-order valence-electron chi connectivity index (χ1n) is 9.09. The summed E-state index contributed by atoms with van der Waals surface area (Å²) in [5.41, 5.74) is 2.18. The minimum Gasteiger partial charge on any atom is -0.367 e. The number of hydrogen-bond acceptors (Lipinski definition) is 3. The van der Waals surface area contributed by atoms with Gasteiger partial charge >= 0.3 is 0 Å². The molecule has 1 saturated heterocycles. The van der Waals surface area contributed by atoms with Gasteiger partial charge in [0.1, 0.15) is 0 Å². The van der Waals surface area contributed by atoms with Gasteiger partial charge in [0, 0.05) is 32.4 Å². The normalized spacial score (nSPS) is 31.6. The average Bonchev–Trinajstić information content (AvgIpc) is 3.14. The summed E-state index contributed by atoms with van der Waals surface area (Å²) in [6.45, 7) is 12.3. The van der Waals surface area contributed by atoms with Crippen molar-refractivity contribution in [1.29, 1.82) is 0 Å². The largest absolute Gasteiger partial charge is 0.367 e. The monoisotopic (exact) mass is 325 g/mol. The Morgan fingerprint density at radius 2 is 2.04 bits per heavy atom. The fourth-order valence-corrected chi connectivity index (χ4v) is 5.13. The minimum atomic E-state index is -0.273. The molecule has 1 amide bonds. The van der Waals surface area contributed by atoms with Crippen LogP contribution >= 0.6 is 0 Å². The number of nitrogens with zero attached hydrogens (tertiary/aromatic N) is 3. The fraction of sp³-hybridized carbons (Fsp3) is 0.600. The third-order valence-corrected chi connectivity index (χ3v) is 6.88. The number of piperazine rings is 1. The van der Waals surface area contributed by atoms with Crippen LogP contribution in [-0.2, 0) is 4.79 Å². The zero-order chi connectivity index (χ0) is 16.9. The molecule has 2 heterocycles. The predicted molar refractivity (Wildman–Crippen MR) is 95.7 cm³/mol. The molecule has 2 atom stereocenters. The Morgan fingerprint density at radius 3 is 2.62 bits per heavy atom. The van der Waals surface area contributed by atoms with E-state index in [-0.39, 0.29) is 10.8 Å². The van der Waals surface area contributed by atoms with Gasteiger partial charge in [-0.2, -0.15) is 0 Å². The van der Waals surface area contributed by atoms with Crippen LogP contribution in [0.1, 0.15) is 33.1 Å². The molecule has 2 bridgehead atoms. The zero-order valence-corrected chi connectivity index (χ0v) is 14.8. The first kappa shape index (κ1) is 15.7. The van der Waals surface area contributed by atoms with E-state index in [1.165, 1.54) is 12.0 Å². The van der Waals surface area contributed by atoms with Crippen LogP contribution in [-0.4, -0.2) is 42.0 Å². The molecule has 4 nitrogen and oxygen atoms in total. The second kappa shape index (κ2) is 5.33. The number of anilines is 1. The predicted octanol–water partition coefficient (Wildman–Crippen LogP) is 3.11. The minimum absolute atomic E-state index is 0.117. The number of aromatic nitrogens is 1. The molecule has 4 heteroatoms. The summed E-state index contributed by atoms with van der Waals surface area (Å²) in [6, 6.07) is 4.06. The van der Waals surface area contributed by atoms with Gasteiger partial charge in [0.15, 0.2) is 0 Å². The van der Waals surface area contributed by atoms with Crippen molar-refractivity contribution in [2.75, 3.05) is 31.1 Å². The summed E-state index contributed by atoms with van der Waals surface area (Å²) < 4.78 is 0. The Kier molecular flexibility index (Phi) is 3.48. The van der Waals surface area contributed by atoms with Crippen molar-refractivity contribution in [3.63, 3.8) is 0 Å². The number of pyridine rings is 1. The summed E-state index contributed by atoms with van der Waals surface area (Å²) in [6.07, 6.45) is 6.89. The Labute approximate surface area is 144 Å². The number of hydrogen-bond donors (Lipinski definition) is 0. The number of rotatable bonds is 2. The molecule has 0 aromatic carbocycles. The maximum atomic E-state index is 13.4. The Morgan fingerprint density at radius 1 is 1.29 bits per heavy atom. The summed E-state index contributed by atoms with van der Waals surface area (Å²) >= 11 is 0.